The summed E-state index contributed by atoms with van der Waals surface area (Å²) in [6, 6.07) is 16.4. The quantitative estimate of drug-likeness (QED) is 0.735. The summed E-state index contributed by atoms with van der Waals surface area (Å²) >= 11 is 0. The first-order chi connectivity index (χ1) is 9.70. The number of hydrogen-bond donors (Lipinski definition) is 1. The SMILES string of the molecule is Cc1ccccc1Cc1ccc(C(=N)CCCF)cc1. The van der Waals surface area contributed by atoms with Gasteiger partial charge in [0.25, 0.3) is 0 Å². The largest absolute Gasteiger partial charge is 0.305 e. The maximum atomic E-state index is 12.1. The van der Waals surface area contributed by atoms with Gasteiger partial charge in [-0.3, -0.25) is 4.39 Å². The molecule has 0 radical (unpaired) electrons. The van der Waals surface area contributed by atoms with E-state index in [2.05, 4.69) is 37.3 Å². The van der Waals surface area contributed by atoms with Crippen LogP contribution >= 0.6 is 0 Å². The Kier molecular flexibility index (Phi) is 5.05. The highest BCUT2D eigenvalue weighted by atomic mass is 19.1. The molecule has 2 rings (SSSR count). The van der Waals surface area contributed by atoms with Gasteiger partial charge in [-0.1, -0.05) is 48.5 Å². The highest BCUT2D eigenvalue weighted by molar-refractivity contribution is 5.98. The van der Waals surface area contributed by atoms with Crippen LogP contribution in [0.25, 0.3) is 0 Å². The standard InChI is InChI=1S/C18H20FN/c1-14-5-2-3-6-17(14)13-15-8-10-16(11-9-15)18(20)7-4-12-19/h2-3,5-6,8-11,20H,4,7,12-13H2,1H3. The van der Waals surface area contributed by atoms with Gasteiger partial charge in [-0.25, -0.2) is 0 Å². The minimum Gasteiger partial charge on any atom is -0.305 e. The van der Waals surface area contributed by atoms with Crippen LogP contribution in [0.4, 0.5) is 4.39 Å². The van der Waals surface area contributed by atoms with Gasteiger partial charge in [0.05, 0.1) is 6.67 Å². The predicted octanol–water partition coefficient (Wildman–Crippen LogP) is 4.70. The summed E-state index contributed by atoms with van der Waals surface area (Å²) in [5, 5.41) is 7.89. The Morgan fingerprint density at radius 1 is 1.05 bits per heavy atom. The molecule has 0 aliphatic carbocycles. The maximum Gasteiger partial charge on any atom is 0.0898 e. The van der Waals surface area contributed by atoms with Crippen molar-refractivity contribution in [1.82, 2.24) is 0 Å². The number of alkyl halides is 1. The van der Waals surface area contributed by atoms with Crippen molar-refractivity contribution in [2.24, 2.45) is 0 Å². The van der Waals surface area contributed by atoms with Crippen LogP contribution < -0.4 is 0 Å². The van der Waals surface area contributed by atoms with E-state index in [1.54, 1.807) is 0 Å². The number of hydrogen-bond acceptors (Lipinski definition) is 1. The highest BCUT2D eigenvalue weighted by Crippen LogP contribution is 2.15. The first-order valence-electron chi connectivity index (χ1n) is 6.98. The number of nitrogens with one attached hydrogen (secondary N) is 1. The van der Waals surface area contributed by atoms with Gasteiger partial charge in [0.1, 0.15) is 0 Å². The Balaban J connectivity index is 2.05. The first-order valence-corrected chi connectivity index (χ1v) is 6.98. The molecule has 0 fully saturated rings. The average molecular weight is 269 g/mol. The minimum atomic E-state index is -0.353. The molecular weight excluding hydrogens is 249 g/mol. The molecule has 2 heteroatoms. The van der Waals surface area contributed by atoms with Gasteiger partial charge in [0, 0.05) is 5.71 Å². The lowest BCUT2D eigenvalue weighted by Crippen LogP contribution is -2.00. The Hall–Kier alpha value is -1.96. The second-order valence-electron chi connectivity index (χ2n) is 5.07. The van der Waals surface area contributed by atoms with Gasteiger partial charge in [0.15, 0.2) is 0 Å². The molecule has 0 unspecified atom stereocenters. The molecule has 1 nitrogen and oxygen atoms in total. The second kappa shape index (κ2) is 6.99. The van der Waals surface area contributed by atoms with E-state index in [0.717, 1.165) is 12.0 Å². The molecule has 0 amide bonds. The molecule has 1 N–H and O–H groups in total. The molecule has 0 aliphatic rings. The first kappa shape index (κ1) is 14.4. The van der Waals surface area contributed by atoms with Crippen molar-refractivity contribution in [3.05, 3.63) is 70.8 Å². The molecule has 0 atom stereocenters. The number of rotatable bonds is 6. The van der Waals surface area contributed by atoms with E-state index in [1.807, 2.05) is 18.2 Å². The zero-order chi connectivity index (χ0) is 14.4. The molecule has 0 bridgehead atoms. The molecule has 2 aromatic rings. The Bertz CT molecular complexity index is 572. The maximum absolute atomic E-state index is 12.1. The summed E-state index contributed by atoms with van der Waals surface area (Å²) in [6.45, 7) is 1.77. The molecule has 0 heterocycles. The summed E-state index contributed by atoms with van der Waals surface area (Å²) in [5.74, 6) is 0. The van der Waals surface area contributed by atoms with E-state index in [1.165, 1.54) is 16.7 Å². The third-order valence-electron chi connectivity index (χ3n) is 3.52. The topological polar surface area (TPSA) is 23.9 Å². The normalized spacial score (nSPS) is 10.5. The molecule has 104 valence electrons. The lowest BCUT2D eigenvalue weighted by molar-refractivity contribution is 0.479. The summed E-state index contributed by atoms with van der Waals surface area (Å²) in [6.07, 6.45) is 1.85. The summed E-state index contributed by atoms with van der Waals surface area (Å²) in [5.41, 5.74) is 5.28. The summed E-state index contributed by atoms with van der Waals surface area (Å²) in [4.78, 5) is 0. The Labute approximate surface area is 120 Å². The van der Waals surface area contributed by atoms with E-state index < -0.39 is 0 Å². The van der Waals surface area contributed by atoms with Crippen molar-refractivity contribution in [3.63, 3.8) is 0 Å². The van der Waals surface area contributed by atoms with E-state index >= 15 is 0 Å². The third kappa shape index (κ3) is 3.77. The van der Waals surface area contributed by atoms with Gasteiger partial charge >= 0.3 is 0 Å². The van der Waals surface area contributed by atoms with E-state index in [0.29, 0.717) is 18.6 Å². The fraction of sp³-hybridized carbons (Fsp3) is 0.278. The second-order valence-corrected chi connectivity index (χ2v) is 5.07. The fourth-order valence-corrected chi connectivity index (χ4v) is 2.24. The molecule has 2 aromatic carbocycles. The van der Waals surface area contributed by atoms with Crippen LogP contribution in [-0.2, 0) is 6.42 Å². The van der Waals surface area contributed by atoms with Crippen molar-refractivity contribution < 1.29 is 4.39 Å². The zero-order valence-electron chi connectivity index (χ0n) is 11.8. The summed E-state index contributed by atoms with van der Waals surface area (Å²) < 4.78 is 12.1. The average Bonchev–Trinajstić information content (AvgIpc) is 2.48. The Morgan fingerprint density at radius 3 is 2.40 bits per heavy atom. The van der Waals surface area contributed by atoms with Gasteiger partial charge in [-0.2, -0.15) is 0 Å². The molecule has 0 spiro atoms. The zero-order valence-corrected chi connectivity index (χ0v) is 11.8. The Morgan fingerprint density at radius 2 is 1.75 bits per heavy atom. The fourth-order valence-electron chi connectivity index (χ4n) is 2.24. The van der Waals surface area contributed by atoms with Crippen molar-refractivity contribution in [1.29, 1.82) is 5.41 Å². The number of aryl methyl sites for hydroxylation is 1. The van der Waals surface area contributed by atoms with Gasteiger partial charge in [-0.15, -0.1) is 0 Å². The molecule has 0 aromatic heterocycles. The smallest absolute Gasteiger partial charge is 0.0898 e. The van der Waals surface area contributed by atoms with Crippen molar-refractivity contribution in [3.8, 4) is 0 Å². The van der Waals surface area contributed by atoms with E-state index in [9.17, 15) is 4.39 Å². The third-order valence-corrected chi connectivity index (χ3v) is 3.52. The van der Waals surface area contributed by atoms with Crippen LogP contribution in [0.5, 0.6) is 0 Å². The van der Waals surface area contributed by atoms with E-state index in [4.69, 9.17) is 5.41 Å². The number of halogens is 1. The van der Waals surface area contributed by atoms with Crippen LogP contribution in [0.15, 0.2) is 48.5 Å². The van der Waals surface area contributed by atoms with Gasteiger partial charge in [0.2, 0.25) is 0 Å². The van der Waals surface area contributed by atoms with Crippen LogP contribution in [0, 0.1) is 12.3 Å². The lowest BCUT2D eigenvalue weighted by Gasteiger charge is -2.07. The van der Waals surface area contributed by atoms with E-state index in [-0.39, 0.29) is 6.67 Å². The van der Waals surface area contributed by atoms with Gasteiger partial charge < -0.3 is 5.41 Å². The molecule has 20 heavy (non-hydrogen) atoms. The predicted molar refractivity (Wildman–Crippen MR) is 82.5 cm³/mol. The lowest BCUT2D eigenvalue weighted by atomic mass is 9.98. The number of benzene rings is 2. The van der Waals surface area contributed by atoms with Crippen LogP contribution in [-0.4, -0.2) is 12.4 Å². The molecular formula is C18H20FN. The molecule has 0 aliphatic heterocycles. The minimum absolute atomic E-state index is 0.353. The van der Waals surface area contributed by atoms with Crippen LogP contribution in [0.2, 0.25) is 0 Å². The highest BCUT2D eigenvalue weighted by Gasteiger charge is 2.03. The monoisotopic (exact) mass is 269 g/mol. The van der Waals surface area contributed by atoms with Crippen molar-refractivity contribution >= 4 is 5.71 Å². The van der Waals surface area contributed by atoms with Crippen molar-refractivity contribution in [2.45, 2.75) is 26.2 Å². The van der Waals surface area contributed by atoms with Gasteiger partial charge in [-0.05, 0) is 48.4 Å². The van der Waals surface area contributed by atoms with Crippen molar-refractivity contribution in [2.75, 3.05) is 6.67 Å². The van der Waals surface area contributed by atoms with Crippen LogP contribution in [0.1, 0.15) is 35.1 Å². The molecule has 0 saturated carbocycles. The van der Waals surface area contributed by atoms with Crippen LogP contribution in [0.3, 0.4) is 0 Å². The molecule has 0 saturated heterocycles. The summed E-state index contributed by atoms with van der Waals surface area (Å²) in [7, 11) is 0.